The highest BCUT2D eigenvalue weighted by atomic mass is 16.1. The number of nitrogens with zero attached hydrogens (tertiary/aromatic N) is 1. The maximum atomic E-state index is 12.0. The Hall–Kier alpha value is -1.83. The highest BCUT2D eigenvalue weighted by Crippen LogP contribution is 2.21. The van der Waals surface area contributed by atoms with Gasteiger partial charge < -0.3 is 0 Å². The lowest BCUT2D eigenvalue weighted by Crippen LogP contribution is -2.18. The van der Waals surface area contributed by atoms with Crippen LogP contribution in [0.5, 0.6) is 0 Å². The van der Waals surface area contributed by atoms with E-state index in [9.17, 15) is 4.79 Å². The van der Waals surface area contributed by atoms with Crippen LogP contribution in [-0.2, 0) is 0 Å². The van der Waals surface area contributed by atoms with E-state index >= 15 is 0 Å². The first kappa shape index (κ1) is 10.3. The van der Waals surface area contributed by atoms with Crippen LogP contribution in [0.1, 0.15) is 32.3 Å². The molecule has 0 amide bonds. The molecule has 0 fully saturated rings. The molecule has 0 bridgehead atoms. The highest BCUT2D eigenvalue weighted by molar-refractivity contribution is 5.43. The SMILES string of the molecule is [2H]Cc1ccc(=O)n(-c2ccccc2C(C)C)c1. The molecule has 0 N–H and O–H groups in total. The van der Waals surface area contributed by atoms with Gasteiger partial charge >= 0.3 is 0 Å². The summed E-state index contributed by atoms with van der Waals surface area (Å²) < 4.78 is 9.03. The average Bonchev–Trinajstić information content (AvgIpc) is 2.39. The van der Waals surface area contributed by atoms with Crippen LogP contribution in [0.15, 0.2) is 47.4 Å². The minimum absolute atomic E-state index is 0.0553. The quantitative estimate of drug-likeness (QED) is 0.773. The van der Waals surface area contributed by atoms with Crippen LogP contribution in [0.3, 0.4) is 0 Å². The van der Waals surface area contributed by atoms with E-state index in [1.54, 1.807) is 16.8 Å². The lowest BCUT2D eigenvalue weighted by Gasteiger charge is -2.14. The van der Waals surface area contributed by atoms with Crippen molar-refractivity contribution in [1.82, 2.24) is 4.57 Å². The monoisotopic (exact) mass is 228 g/mol. The molecule has 0 atom stereocenters. The van der Waals surface area contributed by atoms with Gasteiger partial charge in [-0.15, -0.1) is 0 Å². The zero-order chi connectivity index (χ0) is 13.1. The first-order valence-electron chi connectivity index (χ1n) is 6.44. The second-order valence-corrected chi connectivity index (χ2v) is 4.46. The van der Waals surface area contributed by atoms with Gasteiger partial charge in [0.2, 0.25) is 0 Å². The Morgan fingerprint density at radius 3 is 2.65 bits per heavy atom. The Labute approximate surface area is 103 Å². The van der Waals surface area contributed by atoms with Crippen molar-refractivity contribution in [2.75, 3.05) is 0 Å². The molecule has 2 heteroatoms. The van der Waals surface area contributed by atoms with Crippen molar-refractivity contribution >= 4 is 0 Å². The molecule has 0 aliphatic carbocycles. The third-order valence-corrected chi connectivity index (χ3v) is 2.79. The molecular formula is C15H17NO. The third kappa shape index (κ3) is 2.31. The van der Waals surface area contributed by atoms with Crippen LogP contribution < -0.4 is 5.56 Å². The molecule has 0 radical (unpaired) electrons. The molecule has 88 valence electrons. The van der Waals surface area contributed by atoms with Gasteiger partial charge in [0.05, 0.1) is 5.69 Å². The van der Waals surface area contributed by atoms with E-state index in [0.29, 0.717) is 5.92 Å². The van der Waals surface area contributed by atoms with Gasteiger partial charge in [-0.1, -0.05) is 38.1 Å². The van der Waals surface area contributed by atoms with Gasteiger partial charge in [-0.3, -0.25) is 9.36 Å². The Morgan fingerprint density at radius 2 is 1.94 bits per heavy atom. The number of benzene rings is 1. The Morgan fingerprint density at radius 1 is 1.18 bits per heavy atom. The van der Waals surface area contributed by atoms with E-state index in [1.807, 2.05) is 24.3 Å². The average molecular weight is 228 g/mol. The van der Waals surface area contributed by atoms with Gasteiger partial charge in [0.15, 0.2) is 0 Å². The Kier molecular flexibility index (Phi) is 2.78. The van der Waals surface area contributed by atoms with Gasteiger partial charge in [0.25, 0.3) is 5.56 Å². The maximum absolute atomic E-state index is 12.0. The number of pyridine rings is 1. The fourth-order valence-electron chi connectivity index (χ4n) is 1.91. The summed E-state index contributed by atoms with van der Waals surface area (Å²) in [7, 11) is 0. The van der Waals surface area contributed by atoms with Crippen molar-refractivity contribution in [3.8, 4) is 5.69 Å². The smallest absolute Gasteiger partial charge is 0.255 e. The third-order valence-electron chi connectivity index (χ3n) is 2.79. The molecule has 2 rings (SSSR count). The summed E-state index contributed by atoms with van der Waals surface area (Å²) in [6.07, 6.45) is 1.76. The molecule has 0 spiro atoms. The predicted molar refractivity (Wildman–Crippen MR) is 70.9 cm³/mol. The molecule has 0 unspecified atom stereocenters. The number of hydrogen-bond donors (Lipinski definition) is 0. The number of para-hydroxylation sites is 1. The van der Waals surface area contributed by atoms with Crippen molar-refractivity contribution in [3.63, 3.8) is 0 Å². The first-order valence-corrected chi connectivity index (χ1v) is 5.73. The molecule has 1 aromatic carbocycles. The topological polar surface area (TPSA) is 22.0 Å². The van der Waals surface area contributed by atoms with Crippen LogP contribution in [0.2, 0.25) is 0 Å². The van der Waals surface area contributed by atoms with E-state index in [1.165, 1.54) is 6.07 Å². The lowest BCUT2D eigenvalue weighted by atomic mass is 10.0. The summed E-state index contributed by atoms with van der Waals surface area (Å²) in [5.41, 5.74) is 2.84. The Balaban J connectivity index is 2.65. The van der Waals surface area contributed by atoms with Crippen molar-refractivity contribution in [1.29, 1.82) is 0 Å². The van der Waals surface area contributed by atoms with Gasteiger partial charge in [-0.05, 0) is 30.0 Å². The highest BCUT2D eigenvalue weighted by Gasteiger charge is 2.08. The molecule has 0 aliphatic heterocycles. The molecule has 0 aliphatic rings. The van der Waals surface area contributed by atoms with Crippen molar-refractivity contribution in [2.24, 2.45) is 0 Å². The lowest BCUT2D eigenvalue weighted by molar-refractivity contribution is 0.837. The predicted octanol–water partition coefficient (Wildman–Crippen LogP) is 3.27. The number of aryl methyl sites for hydroxylation is 1. The summed E-state index contributed by atoms with van der Waals surface area (Å²) in [6, 6.07) is 11.1. The largest absolute Gasteiger partial charge is 0.284 e. The van der Waals surface area contributed by atoms with Gasteiger partial charge in [-0.25, -0.2) is 0 Å². The standard InChI is InChI=1S/C15H17NO/c1-11(2)13-6-4-5-7-14(13)16-10-12(3)8-9-15(16)17/h4-11H,1-3H3/i3D. The number of rotatable bonds is 2. The van der Waals surface area contributed by atoms with Crippen molar-refractivity contribution in [2.45, 2.75) is 26.7 Å². The first-order chi connectivity index (χ1) is 8.63. The molecule has 0 saturated heterocycles. The van der Waals surface area contributed by atoms with Gasteiger partial charge in [-0.2, -0.15) is 0 Å². The molecule has 17 heavy (non-hydrogen) atoms. The molecule has 0 saturated carbocycles. The molecule has 2 nitrogen and oxygen atoms in total. The zero-order valence-corrected chi connectivity index (χ0v) is 10.2. The van der Waals surface area contributed by atoms with E-state index in [4.69, 9.17) is 1.37 Å². The van der Waals surface area contributed by atoms with Gasteiger partial charge in [0, 0.05) is 13.6 Å². The minimum atomic E-state index is -0.0553. The second-order valence-electron chi connectivity index (χ2n) is 4.46. The number of hydrogen-bond acceptors (Lipinski definition) is 1. The fourth-order valence-corrected chi connectivity index (χ4v) is 1.91. The summed E-state index contributed by atoms with van der Waals surface area (Å²) in [4.78, 5) is 12.0. The van der Waals surface area contributed by atoms with Crippen molar-refractivity contribution in [3.05, 3.63) is 64.1 Å². The van der Waals surface area contributed by atoms with Gasteiger partial charge in [0.1, 0.15) is 0 Å². The van der Waals surface area contributed by atoms with Crippen LogP contribution in [0.25, 0.3) is 5.69 Å². The van der Waals surface area contributed by atoms with Crippen LogP contribution >= 0.6 is 0 Å². The molecule has 1 heterocycles. The fraction of sp³-hybridized carbons (Fsp3) is 0.267. The second kappa shape index (κ2) is 4.58. The van der Waals surface area contributed by atoms with E-state index in [2.05, 4.69) is 13.8 Å². The summed E-state index contributed by atoms with van der Waals surface area (Å²) in [6.45, 7) is 4.40. The molecule has 2 aromatic rings. The zero-order valence-electron chi connectivity index (χ0n) is 11.2. The van der Waals surface area contributed by atoms with Crippen LogP contribution in [0, 0.1) is 6.90 Å². The Bertz CT molecular complexity index is 601. The van der Waals surface area contributed by atoms with E-state index in [-0.39, 0.29) is 12.5 Å². The van der Waals surface area contributed by atoms with Crippen molar-refractivity contribution < 1.29 is 1.37 Å². The van der Waals surface area contributed by atoms with E-state index in [0.717, 1.165) is 16.8 Å². The molecule has 1 aromatic heterocycles. The normalized spacial score (nSPS) is 11.6. The summed E-state index contributed by atoms with van der Waals surface area (Å²) >= 11 is 0. The van der Waals surface area contributed by atoms with Crippen LogP contribution in [0.4, 0.5) is 0 Å². The van der Waals surface area contributed by atoms with Crippen LogP contribution in [-0.4, -0.2) is 4.57 Å². The summed E-state index contributed by atoms with van der Waals surface area (Å²) in [5, 5.41) is 0. The summed E-state index contributed by atoms with van der Waals surface area (Å²) in [5.74, 6) is 0.354. The minimum Gasteiger partial charge on any atom is -0.284 e. The maximum Gasteiger partial charge on any atom is 0.255 e. The number of aromatic nitrogens is 1. The van der Waals surface area contributed by atoms with E-state index < -0.39 is 0 Å². The molecular weight excluding hydrogens is 210 g/mol.